The van der Waals surface area contributed by atoms with E-state index < -0.39 is 17.5 Å². The highest BCUT2D eigenvalue weighted by Crippen LogP contribution is 1.99. The molecule has 0 rings (SSSR count). The normalized spacial score (nSPS) is 8.00. The number of carbonyl (C=O) groups is 2. The van der Waals surface area contributed by atoms with Crippen molar-refractivity contribution in [2.75, 3.05) is 7.11 Å². The summed E-state index contributed by atoms with van der Waals surface area (Å²) in [6.45, 7) is 6.20. The van der Waals surface area contributed by atoms with E-state index >= 15 is 0 Å². The number of nitrogens with zero attached hydrogens (tertiary/aromatic N) is 1. The minimum absolute atomic E-state index is 0.320. The number of methoxy groups -OCH3 is 1. The van der Waals surface area contributed by atoms with Crippen molar-refractivity contribution in [3.05, 3.63) is 24.5 Å². The Morgan fingerprint density at radius 2 is 1.85 bits per heavy atom. The van der Waals surface area contributed by atoms with Crippen molar-refractivity contribution in [2.24, 2.45) is 0 Å². The van der Waals surface area contributed by atoms with Gasteiger partial charge in [0.05, 0.1) is 7.11 Å². The molecule has 0 fully saturated rings. The standard InChI is InChI=1S/C8H7NO4/c1-5(4-9)7(10)13-8(11)6(2)12-3/h1-2H2,3H3. The maximum Gasteiger partial charge on any atom is 0.380 e. The van der Waals surface area contributed by atoms with Crippen molar-refractivity contribution in [1.82, 2.24) is 0 Å². The zero-order valence-electron chi connectivity index (χ0n) is 6.99. The van der Waals surface area contributed by atoms with Gasteiger partial charge in [0, 0.05) is 0 Å². The molecule has 0 saturated heterocycles. The molecule has 68 valence electrons. The number of hydrogen-bond donors (Lipinski definition) is 0. The molecule has 0 aliphatic rings. The fraction of sp³-hybridized carbons (Fsp3) is 0.125. The molecular formula is C8H7NO4. The number of hydrogen-bond acceptors (Lipinski definition) is 5. The largest absolute Gasteiger partial charge is 0.490 e. The molecule has 0 spiro atoms. The number of rotatable bonds is 3. The molecule has 5 nitrogen and oxygen atoms in total. The highest BCUT2D eigenvalue weighted by Gasteiger charge is 2.16. The lowest BCUT2D eigenvalue weighted by Gasteiger charge is -2.01. The van der Waals surface area contributed by atoms with Gasteiger partial charge in [-0.25, -0.2) is 9.59 Å². The Morgan fingerprint density at radius 3 is 2.23 bits per heavy atom. The molecule has 0 aromatic heterocycles. The van der Waals surface area contributed by atoms with Crippen LogP contribution in [0.3, 0.4) is 0 Å². The van der Waals surface area contributed by atoms with Crippen molar-refractivity contribution in [2.45, 2.75) is 0 Å². The van der Waals surface area contributed by atoms with Crippen LogP contribution in [0.2, 0.25) is 0 Å². The summed E-state index contributed by atoms with van der Waals surface area (Å²) in [6.07, 6.45) is 0. The van der Waals surface area contributed by atoms with Crippen LogP contribution in [0.4, 0.5) is 0 Å². The van der Waals surface area contributed by atoms with E-state index in [1.807, 2.05) is 0 Å². The van der Waals surface area contributed by atoms with Gasteiger partial charge in [0.15, 0.2) is 5.76 Å². The minimum Gasteiger partial charge on any atom is -0.490 e. The highest BCUT2D eigenvalue weighted by molar-refractivity contribution is 6.02. The summed E-state index contributed by atoms with van der Waals surface area (Å²) in [5, 5.41) is 8.20. The number of nitriles is 1. The summed E-state index contributed by atoms with van der Waals surface area (Å²) in [7, 11) is 1.20. The first-order chi connectivity index (χ1) is 6.02. The molecule has 0 aliphatic carbocycles. The third-order valence-electron chi connectivity index (χ3n) is 1.04. The summed E-state index contributed by atoms with van der Waals surface area (Å²) in [4.78, 5) is 21.5. The van der Waals surface area contributed by atoms with Crippen LogP contribution in [0, 0.1) is 11.3 Å². The first-order valence-corrected chi connectivity index (χ1v) is 3.11. The topological polar surface area (TPSA) is 76.4 Å². The van der Waals surface area contributed by atoms with E-state index in [1.54, 1.807) is 0 Å². The van der Waals surface area contributed by atoms with Crippen LogP contribution < -0.4 is 0 Å². The predicted molar refractivity (Wildman–Crippen MR) is 42.0 cm³/mol. The molecule has 0 amide bonds. The molecule has 0 aliphatic heterocycles. The van der Waals surface area contributed by atoms with Gasteiger partial charge in [0.1, 0.15) is 11.6 Å². The van der Waals surface area contributed by atoms with Crippen LogP contribution in [0.15, 0.2) is 24.5 Å². The second-order valence-corrected chi connectivity index (χ2v) is 1.89. The van der Waals surface area contributed by atoms with Gasteiger partial charge in [-0.1, -0.05) is 6.58 Å². The van der Waals surface area contributed by atoms with E-state index in [9.17, 15) is 9.59 Å². The Morgan fingerprint density at radius 1 is 1.31 bits per heavy atom. The highest BCUT2D eigenvalue weighted by atomic mass is 16.6. The zero-order chi connectivity index (χ0) is 10.4. The van der Waals surface area contributed by atoms with E-state index in [0.29, 0.717) is 0 Å². The molecular weight excluding hydrogens is 174 g/mol. The summed E-state index contributed by atoms with van der Waals surface area (Å²) >= 11 is 0. The summed E-state index contributed by atoms with van der Waals surface area (Å²) in [6, 6.07) is 1.44. The average Bonchev–Trinajstić information content (AvgIpc) is 2.14. The maximum atomic E-state index is 10.8. The molecule has 0 saturated carbocycles. The van der Waals surface area contributed by atoms with Gasteiger partial charge in [-0.2, -0.15) is 5.26 Å². The van der Waals surface area contributed by atoms with E-state index in [1.165, 1.54) is 13.2 Å². The number of esters is 2. The molecule has 13 heavy (non-hydrogen) atoms. The zero-order valence-corrected chi connectivity index (χ0v) is 6.99. The lowest BCUT2D eigenvalue weighted by molar-refractivity contribution is -0.155. The maximum absolute atomic E-state index is 10.8. The summed E-state index contributed by atoms with van der Waals surface area (Å²) < 4.78 is 8.52. The first-order valence-electron chi connectivity index (χ1n) is 3.11. The van der Waals surface area contributed by atoms with Crippen molar-refractivity contribution < 1.29 is 19.1 Å². The second-order valence-electron chi connectivity index (χ2n) is 1.89. The third-order valence-corrected chi connectivity index (χ3v) is 1.04. The van der Waals surface area contributed by atoms with Crippen molar-refractivity contribution in [3.63, 3.8) is 0 Å². The Labute approximate surface area is 74.9 Å². The van der Waals surface area contributed by atoms with Crippen LogP contribution in [-0.4, -0.2) is 19.0 Å². The van der Waals surface area contributed by atoms with Crippen LogP contribution in [0.5, 0.6) is 0 Å². The van der Waals surface area contributed by atoms with Gasteiger partial charge in [-0.05, 0) is 6.58 Å². The molecule has 0 aromatic carbocycles. The quantitative estimate of drug-likeness (QED) is 0.206. The van der Waals surface area contributed by atoms with E-state index in [-0.39, 0.29) is 5.76 Å². The van der Waals surface area contributed by atoms with Gasteiger partial charge < -0.3 is 9.47 Å². The monoisotopic (exact) mass is 181 g/mol. The van der Waals surface area contributed by atoms with Crippen molar-refractivity contribution in [3.8, 4) is 6.07 Å². The molecule has 0 radical (unpaired) electrons. The van der Waals surface area contributed by atoms with Crippen LogP contribution in [-0.2, 0) is 19.1 Å². The molecule has 0 N–H and O–H groups in total. The molecule has 0 unspecified atom stereocenters. The number of carbonyl (C=O) groups excluding carboxylic acids is 2. The van der Waals surface area contributed by atoms with E-state index in [4.69, 9.17) is 5.26 Å². The summed E-state index contributed by atoms with van der Waals surface area (Å²) in [5.41, 5.74) is -0.461. The van der Waals surface area contributed by atoms with Gasteiger partial charge in [-0.15, -0.1) is 0 Å². The van der Waals surface area contributed by atoms with Crippen molar-refractivity contribution in [1.29, 1.82) is 5.26 Å². The Hall–Kier alpha value is -2.09. The predicted octanol–water partition coefficient (Wildman–Crippen LogP) is 0.296. The first kappa shape index (κ1) is 10.9. The molecule has 5 heteroatoms. The SMILES string of the molecule is C=C(C#N)C(=O)OC(=O)C(=C)OC. The Kier molecular flexibility index (Phi) is 3.96. The fourth-order valence-electron chi connectivity index (χ4n) is 0.332. The lowest BCUT2D eigenvalue weighted by atomic mass is 10.3. The van der Waals surface area contributed by atoms with Gasteiger partial charge in [0.2, 0.25) is 0 Å². The van der Waals surface area contributed by atoms with E-state index in [2.05, 4.69) is 22.6 Å². The molecule has 0 atom stereocenters. The van der Waals surface area contributed by atoms with Gasteiger partial charge in [0.25, 0.3) is 0 Å². The van der Waals surface area contributed by atoms with Crippen LogP contribution in [0.25, 0.3) is 0 Å². The van der Waals surface area contributed by atoms with Gasteiger partial charge in [-0.3, -0.25) is 0 Å². The second kappa shape index (κ2) is 4.72. The average molecular weight is 181 g/mol. The molecule has 0 aromatic rings. The van der Waals surface area contributed by atoms with Gasteiger partial charge >= 0.3 is 11.9 Å². The summed E-state index contributed by atoms with van der Waals surface area (Å²) in [5.74, 6) is -2.46. The molecule has 0 bridgehead atoms. The fourth-order valence-corrected chi connectivity index (χ4v) is 0.332. The smallest absolute Gasteiger partial charge is 0.380 e. The Balaban J connectivity index is 4.25. The van der Waals surface area contributed by atoms with Crippen molar-refractivity contribution >= 4 is 11.9 Å². The lowest BCUT2D eigenvalue weighted by Crippen LogP contribution is -2.15. The third kappa shape index (κ3) is 3.20. The van der Waals surface area contributed by atoms with Crippen LogP contribution in [0.1, 0.15) is 0 Å². The number of ether oxygens (including phenoxy) is 2. The van der Waals surface area contributed by atoms with E-state index in [0.717, 1.165) is 0 Å². The van der Waals surface area contributed by atoms with Crippen LogP contribution >= 0.6 is 0 Å². The molecule has 0 heterocycles. The minimum atomic E-state index is -1.11. The Bertz CT molecular complexity index is 311.